The van der Waals surface area contributed by atoms with E-state index in [0.717, 1.165) is 0 Å². The Morgan fingerprint density at radius 3 is 1.04 bits per heavy atom. The lowest BCUT2D eigenvalue weighted by atomic mass is 10.0. The van der Waals surface area contributed by atoms with Crippen LogP contribution in [0.2, 0.25) is 0 Å². The molecule has 0 fully saturated rings. The molecular weight excluding hydrogens is 312 g/mol. The minimum Gasteiger partial charge on any atom is -0.629 e. The first kappa shape index (κ1) is 18.5. The van der Waals surface area contributed by atoms with E-state index in [1.807, 2.05) is 0 Å². The zero-order chi connectivity index (χ0) is 18.0. The van der Waals surface area contributed by atoms with Gasteiger partial charge >= 0.3 is 0 Å². The largest absolute Gasteiger partial charge is 0.629 e. The van der Waals surface area contributed by atoms with Gasteiger partial charge in [-0.05, 0) is 23.3 Å². The predicted molar refractivity (Wildman–Crippen MR) is 91.5 cm³/mol. The summed E-state index contributed by atoms with van der Waals surface area (Å²) in [4.78, 5) is 0. The average Bonchev–Trinajstić information content (AvgIpc) is 2.53. The summed E-state index contributed by atoms with van der Waals surface area (Å²) < 4.78 is 0. The SMILES string of the molecule is C[NH+]([O-])c1ccc(-c2ccc([NH+](C)[O-])c([NH+](C)[O-])c2)cc1[NH+](C)[O-]. The number of benzene rings is 2. The van der Waals surface area contributed by atoms with Crippen LogP contribution in [0.15, 0.2) is 36.4 Å². The maximum atomic E-state index is 11.8. The summed E-state index contributed by atoms with van der Waals surface area (Å²) in [5.41, 5.74) is 2.86. The highest BCUT2D eigenvalue weighted by molar-refractivity contribution is 5.74. The first-order chi connectivity index (χ1) is 11.2. The molecule has 130 valence electrons. The molecule has 0 aliphatic rings. The van der Waals surface area contributed by atoms with Crippen molar-refractivity contribution in [2.45, 2.75) is 0 Å². The highest BCUT2D eigenvalue weighted by Gasteiger charge is 2.17. The summed E-state index contributed by atoms with van der Waals surface area (Å²) in [6, 6.07) is 9.98. The highest BCUT2D eigenvalue weighted by Crippen LogP contribution is 2.28. The molecule has 0 aliphatic heterocycles. The van der Waals surface area contributed by atoms with Gasteiger partial charge in [0.2, 0.25) is 0 Å². The van der Waals surface area contributed by atoms with E-state index in [2.05, 4.69) is 0 Å². The number of hydrogen-bond acceptors (Lipinski definition) is 4. The summed E-state index contributed by atoms with van der Waals surface area (Å²) in [6.07, 6.45) is 0. The Kier molecular flexibility index (Phi) is 5.65. The fourth-order valence-corrected chi connectivity index (χ4v) is 2.64. The van der Waals surface area contributed by atoms with Crippen molar-refractivity contribution in [3.8, 4) is 11.1 Å². The summed E-state index contributed by atoms with van der Waals surface area (Å²) in [6.45, 7) is 0. The van der Waals surface area contributed by atoms with Crippen LogP contribution in [0.3, 0.4) is 0 Å². The topological polar surface area (TPSA) is 110 Å². The third-order valence-corrected chi connectivity index (χ3v) is 3.89. The second kappa shape index (κ2) is 7.34. The van der Waals surface area contributed by atoms with E-state index in [-0.39, 0.29) is 20.3 Å². The lowest BCUT2D eigenvalue weighted by Gasteiger charge is -2.25. The molecule has 0 bridgehead atoms. The Labute approximate surface area is 140 Å². The molecule has 4 N–H and O–H groups in total. The molecule has 4 unspecified atom stereocenters. The van der Waals surface area contributed by atoms with Crippen molar-refractivity contribution in [3.63, 3.8) is 0 Å². The standard InChI is InChI=1S/C16H22N4O4/c1-17(21)13-7-5-11(9-15(13)19(3)23)12-6-8-14(18(2)22)16(10-12)20(4)24/h5-10,17-20H,1-4H3. The lowest BCUT2D eigenvalue weighted by Crippen LogP contribution is -3.04. The molecule has 0 saturated carbocycles. The van der Waals surface area contributed by atoms with Crippen LogP contribution in [0.5, 0.6) is 0 Å². The van der Waals surface area contributed by atoms with E-state index in [1.54, 1.807) is 36.4 Å². The predicted octanol–water partition coefficient (Wildman–Crippen LogP) is -2.07. The van der Waals surface area contributed by atoms with Crippen LogP contribution >= 0.6 is 0 Å². The molecule has 0 radical (unpaired) electrons. The van der Waals surface area contributed by atoms with Gasteiger partial charge in [0.1, 0.15) is 0 Å². The van der Waals surface area contributed by atoms with Crippen molar-refractivity contribution in [3.05, 3.63) is 57.2 Å². The van der Waals surface area contributed by atoms with E-state index < -0.39 is 0 Å². The van der Waals surface area contributed by atoms with Gasteiger partial charge in [-0.3, -0.25) is 0 Å². The number of rotatable bonds is 5. The molecule has 0 spiro atoms. The van der Waals surface area contributed by atoms with Crippen LogP contribution in [0.4, 0.5) is 22.7 Å². The van der Waals surface area contributed by atoms with E-state index >= 15 is 0 Å². The van der Waals surface area contributed by atoms with E-state index in [0.29, 0.717) is 33.9 Å². The van der Waals surface area contributed by atoms with Gasteiger partial charge in [0.15, 0.2) is 22.7 Å². The second-order valence-electron chi connectivity index (χ2n) is 5.75. The molecule has 0 aliphatic carbocycles. The molecule has 0 heterocycles. The van der Waals surface area contributed by atoms with Gasteiger partial charge in [-0.2, -0.15) is 0 Å². The molecule has 2 aromatic rings. The van der Waals surface area contributed by atoms with E-state index in [1.165, 1.54) is 28.2 Å². The molecule has 2 rings (SSSR count). The van der Waals surface area contributed by atoms with Crippen LogP contribution in [0.25, 0.3) is 11.1 Å². The average molecular weight is 334 g/mol. The number of nitrogens with one attached hydrogen (secondary N) is 4. The van der Waals surface area contributed by atoms with Gasteiger partial charge in [0, 0.05) is 24.3 Å². The normalized spacial score (nSPS) is 16.5. The smallest absolute Gasteiger partial charge is 0.193 e. The van der Waals surface area contributed by atoms with Gasteiger partial charge in [-0.15, -0.1) is 0 Å². The number of hydroxylamine groups is 4. The van der Waals surface area contributed by atoms with Crippen LogP contribution in [-0.4, -0.2) is 28.2 Å². The second-order valence-corrected chi connectivity index (χ2v) is 5.75. The molecule has 2 aromatic carbocycles. The van der Waals surface area contributed by atoms with E-state index in [4.69, 9.17) is 0 Å². The van der Waals surface area contributed by atoms with E-state index in [9.17, 15) is 20.8 Å². The van der Waals surface area contributed by atoms with Crippen molar-refractivity contribution >= 4 is 22.7 Å². The van der Waals surface area contributed by atoms with Crippen LogP contribution in [0, 0.1) is 20.8 Å². The summed E-state index contributed by atoms with van der Waals surface area (Å²) in [5, 5.41) is 46.2. The molecule has 4 atom stereocenters. The van der Waals surface area contributed by atoms with Gasteiger partial charge in [0.05, 0.1) is 28.2 Å². The molecule has 8 nitrogen and oxygen atoms in total. The third-order valence-electron chi connectivity index (χ3n) is 3.89. The zero-order valence-corrected chi connectivity index (χ0v) is 14.1. The van der Waals surface area contributed by atoms with Crippen molar-refractivity contribution < 1.29 is 20.3 Å². The summed E-state index contributed by atoms with van der Waals surface area (Å²) in [5.74, 6) is 0. The molecule has 24 heavy (non-hydrogen) atoms. The van der Waals surface area contributed by atoms with Crippen LogP contribution in [0.1, 0.15) is 0 Å². The van der Waals surface area contributed by atoms with Gasteiger partial charge in [-0.1, -0.05) is 0 Å². The number of quaternary nitrogens is 4. The van der Waals surface area contributed by atoms with Gasteiger partial charge in [0.25, 0.3) is 0 Å². The first-order valence-corrected chi connectivity index (χ1v) is 7.54. The van der Waals surface area contributed by atoms with Gasteiger partial charge in [-0.25, -0.2) is 0 Å². The summed E-state index contributed by atoms with van der Waals surface area (Å²) in [7, 11) is 5.64. The Hall–Kier alpha value is -1.88. The van der Waals surface area contributed by atoms with Gasteiger partial charge < -0.3 is 41.1 Å². The Bertz CT molecular complexity index is 656. The quantitative estimate of drug-likeness (QED) is 0.471. The Morgan fingerprint density at radius 2 is 0.792 bits per heavy atom. The van der Waals surface area contributed by atoms with Crippen molar-refractivity contribution in [1.29, 1.82) is 0 Å². The molecule has 8 heteroatoms. The number of hydrogen-bond donors (Lipinski definition) is 4. The molecular formula is C16H22N4O4. The molecule has 0 aromatic heterocycles. The first-order valence-electron chi connectivity index (χ1n) is 7.54. The zero-order valence-electron chi connectivity index (χ0n) is 14.1. The fraction of sp³-hybridized carbons (Fsp3) is 0.250. The molecule has 0 amide bonds. The minimum absolute atomic E-state index is 0.178. The summed E-state index contributed by atoms with van der Waals surface area (Å²) >= 11 is 0. The van der Waals surface area contributed by atoms with Crippen LogP contribution < -0.4 is 20.3 Å². The van der Waals surface area contributed by atoms with Crippen LogP contribution in [-0.2, 0) is 0 Å². The van der Waals surface area contributed by atoms with Crippen molar-refractivity contribution in [2.75, 3.05) is 28.2 Å². The maximum Gasteiger partial charge on any atom is 0.193 e. The maximum absolute atomic E-state index is 11.8. The monoisotopic (exact) mass is 334 g/mol. The Balaban J connectivity index is 2.56. The molecule has 0 saturated heterocycles. The third kappa shape index (κ3) is 3.78. The lowest BCUT2D eigenvalue weighted by molar-refractivity contribution is -0.782. The Morgan fingerprint density at radius 1 is 0.500 bits per heavy atom. The minimum atomic E-state index is -0.200. The van der Waals surface area contributed by atoms with Crippen molar-refractivity contribution in [2.24, 2.45) is 0 Å². The van der Waals surface area contributed by atoms with Crippen molar-refractivity contribution in [1.82, 2.24) is 0 Å². The highest BCUT2D eigenvalue weighted by atomic mass is 16.5. The fourth-order valence-electron chi connectivity index (χ4n) is 2.64.